The summed E-state index contributed by atoms with van der Waals surface area (Å²) in [5.74, 6) is 0.721. The molecule has 2 aromatic carbocycles. The predicted octanol–water partition coefficient (Wildman–Crippen LogP) is 3.19. The number of hydrogen-bond donors (Lipinski definition) is 1. The second-order valence-electron chi connectivity index (χ2n) is 4.22. The maximum absolute atomic E-state index is 11.1. The lowest BCUT2D eigenvalue weighted by atomic mass is 10.2. The van der Waals surface area contributed by atoms with Crippen molar-refractivity contribution in [3.8, 4) is 23.3 Å². The highest BCUT2D eigenvalue weighted by atomic mass is 35.5. The fourth-order valence-electron chi connectivity index (χ4n) is 1.80. The third-order valence-corrected chi connectivity index (χ3v) is 2.99. The number of carbonyl (C=O) groups is 1. The molecule has 22 heavy (non-hydrogen) atoms. The zero-order valence-corrected chi connectivity index (χ0v) is 12.2. The first-order valence-corrected chi connectivity index (χ1v) is 6.76. The monoisotopic (exact) mass is 317 g/mol. The van der Waals surface area contributed by atoms with Crippen LogP contribution in [-0.4, -0.2) is 24.6 Å². The lowest BCUT2D eigenvalue weighted by Gasteiger charge is -2.14. The van der Waals surface area contributed by atoms with Gasteiger partial charge in [-0.25, -0.2) is 0 Å². The van der Waals surface area contributed by atoms with Crippen molar-refractivity contribution in [2.45, 2.75) is 0 Å². The maximum atomic E-state index is 11.1. The molecule has 0 aromatic heterocycles. The van der Waals surface area contributed by atoms with Crippen molar-refractivity contribution in [2.24, 2.45) is 0 Å². The minimum Gasteiger partial charge on any atom is -0.487 e. The van der Waals surface area contributed by atoms with Gasteiger partial charge in [0, 0.05) is 11.1 Å². The molecule has 5 nitrogen and oxygen atoms in total. The largest absolute Gasteiger partial charge is 0.487 e. The highest BCUT2D eigenvalue weighted by molar-refractivity contribution is 6.30. The quantitative estimate of drug-likeness (QED) is 0.828. The van der Waals surface area contributed by atoms with E-state index in [-0.39, 0.29) is 36.0 Å². The number of rotatable bonds is 6. The van der Waals surface area contributed by atoms with Gasteiger partial charge in [-0.2, -0.15) is 5.26 Å². The van der Waals surface area contributed by atoms with Crippen molar-refractivity contribution in [3.63, 3.8) is 0 Å². The molecule has 6 heteroatoms. The molecule has 0 spiro atoms. The normalized spacial score (nSPS) is 9.86. The van der Waals surface area contributed by atoms with E-state index in [1.54, 1.807) is 24.3 Å². The molecule has 0 aliphatic rings. The van der Waals surface area contributed by atoms with E-state index in [0.717, 1.165) is 0 Å². The van der Waals surface area contributed by atoms with Crippen molar-refractivity contribution in [1.29, 1.82) is 5.26 Å². The number of nitrogens with zero attached hydrogens (tertiary/aromatic N) is 1. The van der Waals surface area contributed by atoms with E-state index in [4.69, 9.17) is 31.4 Å². The molecule has 0 aliphatic carbocycles. The zero-order valence-electron chi connectivity index (χ0n) is 11.5. The number of aliphatic hydroxyl groups excluding tert-OH is 1. The maximum Gasteiger partial charge on any atom is 0.172 e. The van der Waals surface area contributed by atoms with Crippen LogP contribution in [0.2, 0.25) is 5.02 Å². The number of carbonyl (C=O) groups excluding carboxylic acids is 1. The molecule has 0 radical (unpaired) electrons. The van der Waals surface area contributed by atoms with Crippen LogP contribution in [0.25, 0.3) is 0 Å². The van der Waals surface area contributed by atoms with E-state index in [9.17, 15) is 4.79 Å². The summed E-state index contributed by atoms with van der Waals surface area (Å²) >= 11 is 5.91. The van der Waals surface area contributed by atoms with Gasteiger partial charge >= 0.3 is 0 Å². The van der Waals surface area contributed by atoms with E-state index in [0.29, 0.717) is 16.9 Å². The highest BCUT2D eigenvalue weighted by Crippen LogP contribution is 2.36. The summed E-state index contributed by atoms with van der Waals surface area (Å²) in [5.41, 5.74) is 0.584. The second-order valence-corrected chi connectivity index (χ2v) is 4.66. The van der Waals surface area contributed by atoms with Gasteiger partial charge in [-0.05, 0) is 24.3 Å². The summed E-state index contributed by atoms with van der Waals surface area (Å²) in [5, 5.41) is 18.4. The molecule has 2 rings (SSSR count). The Kier molecular flexibility index (Phi) is 5.37. The van der Waals surface area contributed by atoms with Crippen molar-refractivity contribution in [3.05, 3.63) is 52.5 Å². The fraction of sp³-hybridized carbons (Fsp3) is 0.125. The topological polar surface area (TPSA) is 79.5 Å². The predicted molar refractivity (Wildman–Crippen MR) is 80.7 cm³/mol. The average Bonchev–Trinajstić information content (AvgIpc) is 2.53. The van der Waals surface area contributed by atoms with Crippen LogP contribution in [0.15, 0.2) is 36.4 Å². The Bertz CT molecular complexity index is 725. The SMILES string of the molecule is N#Cc1ccc(Cl)cc1Oc1cccc(C=O)c1OCCO. The molecule has 0 fully saturated rings. The average molecular weight is 318 g/mol. The molecule has 2 aromatic rings. The number of benzene rings is 2. The second kappa shape index (κ2) is 7.46. The number of hydrogen-bond acceptors (Lipinski definition) is 5. The van der Waals surface area contributed by atoms with Crippen molar-refractivity contribution in [1.82, 2.24) is 0 Å². The van der Waals surface area contributed by atoms with Gasteiger partial charge < -0.3 is 14.6 Å². The van der Waals surface area contributed by atoms with Gasteiger partial charge in [-0.3, -0.25) is 4.79 Å². The molecule has 1 N–H and O–H groups in total. The van der Waals surface area contributed by atoms with E-state index >= 15 is 0 Å². The summed E-state index contributed by atoms with van der Waals surface area (Å²) < 4.78 is 11.0. The van der Waals surface area contributed by atoms with Crippen molar-refractivity contribution < 1.29 is 19.4 Å². The molecule has 0 saturated carbocycles. The molecule has 112 valence electrons. The number of aldehydes is 1. The molecule has 0 heterocycles. The minimum absolute atomic E-state index is 0.0157. The van der Waals surface area contributed by atoms with Gasteiger partial charge in [0.1, 0.15) is 18.4 Å². The van der Waals surface area contributed by atoms with E-state index < -0.39 is 0 Å². The smallest absolute Gasteiger partial charge is 0.172 e. The van der Waals surface area contributed by atoms with Gasteiger partial charge in [-0.15, -0.1) is 0 Å². The molecule has 0 aliphatic heterocycles. The summed E-state index contributed by atoms with van der Waals surface area (Å²) in [4.78, 5) is 11.1. The third-order valence-electron chi connectivity index (χ3n) is 2.76. The Balaban J connectivity index is 2.43. The first kappa shape index (κ1) is 15.8. The standard InChI is InChI=1S/C16H12ClNO4/c17-13-5-4-11(9-18)15(8-13)22-14-3-1-2-12(10-20)16(14)21-7-6-19/h1-5,8,10,19H,6-7H2. The van der Waals surface area contributed by atoms with Gasteiger partial charge in [0.15, 0.2) is 17.8 Å². The molecular formula is C16H12ClNO4. The Labute approximate surface area is 132 Å². The van der Waals surface area contributed by atoms with Crippen LogP contribution >= 0.6 is 11.6 Å². The van der Waals surface area contributed by atoms with Crippen LogP contribution in [0.3, 0.4) is 0 Å². The van der Waals surface area contributed by atoms with E-state index in [1.807, 2.05) is 6.07 Å². The molecule has 0 saturated heterocycles. The minimum atomic E-state index is -0.201. The first-order valence-electron chi connectivity index (χ1n) is 6.39. The van der Waals surface area contributed by atoms with Crippen LogP contribution in [0.4, 0.5) is 0 Å². The Hall–Kier alpha value is -2.55. The molecule has 0 amide bonds. The summed E-state index contributed by atoms with van der Waals surface area (Å²) in [6, 6.07) is 11.4. The van der Waals surface area contributed by atoms with Crippen LogP contribution in [0.1, 0.15) is 15.9 Å². The van der Waals surface area contributed by atoms with E-state index in [2.05, 4.69) is 0 Å². The van der Waals surface area contributed by atoms with E-state index in [1.165, 1.54) is 12.1 Å². The van der Waals surface area contributed by atoms with Gasteiger partial charge in [0.2, 0.25) is 0 Å². The number of aliphatic hydroxyl groups is 1. The van der Waals surface area contributed by atoms with Crippen LogP contribution < -0.4 is 9.47 Å². The number of halogens is 1. The molecule has 0 unspecified atom stereocenters. The van der Waals surface area contributed by atoms with Gasteiger partial charge in [-0.1, -0.05) is 17.7 Å². The first-order chi connectivity index (χ1) is 10.7. The van der Waals surface area contributed by atoms with Crippen molar-refractivity contribution >= 4 is 17.9 Å². The molecule has 0 bridgehead atoms. The number of nitriles is 1. The molecule has 0 atom stereocenters. The van der Waals surface area contributed by atoms with Crippen LogP contribution in [0.5, 0.6) is 17.2 Å². The lowest BCUT2D eigenvalue weighted by molar-refractivity contribution is 0.111. The van der Waals surface area contributed by atoms with Crippen molar-refractivity contribution in [2.75, 3.05) is 13.2 Å². The summed E-state index contributed by atoms with van der Waals surface area (Å²) in [7, 11) is 0. The number of ether oxygens (including phenoxy) is 2. The Morgan fingerprint density at radius 1 is 1.27 bits per heavy atom. The lowest BCUT2D eigenvalue weighted by Crippen LogP contribution is -2.05. The zero-order chi connectivity index (χ0) is 15.9. The fourth-order valence-corrected chi connectivity index (χ4v) is 1.96. The van der Waals surface area contributed by atoms with Gasteiger partial charge in [0.05, 0.1) is 17.7 Å². The highest BCUT2D eigenvalue weighted by Gasteiger charge is 2.14. The Morgan fingerprint density at radius 3 is 2.77 bits per heavy atom. The summed E-state index contributed by atoms with van der Waals surface area (Å²) in [6.45, 7) is -0.185. The van der Waals surface area contributed by atoms with Crippen LogP contribution in [-0.2, 0) is 0 Å². The van der Waals surface area contributed by atoms with Crippen LogP contribution in [0, 0.1) is 11.3 Å². The third kappa shape index (κ3) is 3.55. The van der Waals surface area contributed by atoms with Gasteiger partial charge in [0.25, 0.3) is 0 Å². The summed E-state index contributed by atoms with van der Waals surface area (Å²) in [6.07, 6.45) is 0.628. The Morgan fingerprint density at radius 2 is 2.09 bits per heavy atom. The molecular weight excluding hydrogens is 306 g/mol. The number of para-hydroxylation sites is 1.